The molecule has 3 heteroatoms. The van der Waals surface area contributed by atoms with E-state index in [1.165, 1.54) is 58.2 Å². The van der Waals surface area contributed by atoms with Crippen molar-refractivity contribution in [2.24, 2.45) is 0 Å². The van der Waals surface area contributed by atoms with Crippen LogP contribution in [0.2, 0.25) is 0 Å². The van der Waals surface area contributed by atoms with Crippen molar-refractivity contribution in [2.75, 3.05) is 26.2 Å². The fraction of sp³-hybridized carbons (Fsp3) is 0.846. The normalized spacial score (nSPS) is 27.3. The molecule has 2 aliphatic rings. The fourth-order valence-electron chi connectivity index (χ4n) is 3.13. The lowest BCUT2D eigenvalue weighted by Gasteiger charge is -2.39. The number of nitrogens with one attached hydrogen (secondary N) is 1. The van der Waals surface area contributed by atoms with Gasteiger partial charge in [-0.25, -0.2) is 0 Å². The second-order valence-corrected chi connectivity index (χ2v) is 5.47. The van der Waals surface area contributed by atoms with Crippen LogP contribution in [0.4, 0.5) is 0 Å². The van der Waals surface area contributed by atoms with E-state index in [9.17, 15) is 0 Å². The topological polar surface area (TPSA) is 15.3 Å². The van der Waals surface area contributed by atoms with E-state index in [2.05, 4.69) is 16.3 Å². The quantitative estimate of drug-likeness (QED) is 0.801. The summed E-state index contributed by atoms with van der Waals surface area (Å²) >= 11 is 5.62. The Kier molecular flexibility index (Phi) is 4.68. The van der Waals surface area contributed by atoms with Crippen LogP contribution < -0.4 is 5.32 Å². The lowest BCUT2D eigenvalue weighted by molar-refractivity contribution is 0.174. The molecule has 0 aromatic heterocycles. The highest BCUT2D eigenvalue weighted by Gasteiger charge is 2.34. The van der Waals surface area contributed by atoms with Crippen molar-refractivity contribution in [3.8, 4) is 0 Å². The molecule has 0 radical (unpaired) electrons. The standard InChI is InChI=1S/C13H23ClN2/c14-8-4-10-16-11-5-9-15-13(12-16)6-2-1-3-7-13/h4,8,15H,1-3,5-7,9-12H2/b8-4+. The van der Waals surface area contributed by atoms with Crippen LogP contribution in [-0.4, -0.2) is 36.6 Å². The van der Waals surface area contributed by atoms with E-state index in [0.29, 0.717) is 5.54 Å². The molecule has 1 N–H and O–H groups in total. The summed E-state index contributed by atoms with van der Waals surface area (Å²) in [7, 11) is 0. The van der Waals surface area contributed by atoms with Gasteiger partial charge in [-0.2, -0.15) is 0 Å². The van der Waals surface area contributed by atoms with Gasteiger partial charge in [-0.3, -0.25) is 4.90 Å². The monoisotopic (exact) mass is 242 g/mol. The zero-order valence-electron chi connectivity index (χ0n) is 10.1. The number of hydrogen-bond donors (Lipinski definition) is 1. The molecular formula is C13H23ClN2. The average molecular weight is 243 g/mol. The summed E-state index contributed by atoms with van der Waals surface area (Å²) in [5.41, 5.74) is 2.06. The number of nitrogens with zero attached hydrogens (tertiary/aromatic N) is 1. The highest BCUT2D eigenvalue weighted by atomic mass is 35.5. The van der Waals surface area contributed by atoms with Gasteiger partial charge in [-0.05, 0) is 32.4 Å². The molecule has 1 saturated heterocycles. The molecule has 1 aliphatic carbocycles. The Bertz CT molecular complexity index is 234. The third kappa shape index (κ3) is 3.22. The maximum absolute atomic E-state index is 5.62. The number of rotatable bonds is 2. The van der Waals surface area contributed by atoms with Crippen molar-refractivity contribution in [1.82, 2.24) is 10.2 Å². The Morgan fingerprint density at radius 1 is 1.19 bits per heavy atom. The summed E-state index contributed by atoms with van der Waals surface area (Å²) in [4.78, 5) is 2.55. The maximum atomic E-state index is 5.62. The fourth-order valence-corrected chi connectivity index (χ4v) is 3.21. The van der Waals surface area contributed by atoms with Crippen LogP contribution in [0, 0.1) is 0 Å². The van der Waals surface area contributed by atoms with E-state index < -0.39 is 0 Å². The van der Waals surface area contributed by atoms with E-state index in [1.807, 2.05) is 0 Å². The summed E-state index contributed by atoms with van der Waals surface area (Å²) < 4.78 is 0. The zero-order valence-corrected chi connectivity index (χ0v) is 10.8. The minimum absolute atomic E-state index is 0.412. The van der Waals surface area contributed by atoms with Gasteiger partial charge in [0.05, 0.1) is 0 Å². The SMILES string of the molecule is Cl/C=C/CN1CCCNC2(CCCCC2)C1. The summed E-state index contributed by atoms with van der Waals surface area (Å²) in [6.07, 6.45) is 10.2. The number of halogens is 1. The van der Waals surface area contributed by atoms with Gasteiger partial charge >= 0.3 is 0 Å². The Morgan fingerprint density at radius 3 is 2.75 bits per heavy atom. The lowest BCUT2D eigenvalue weighted by atomic mass is 9.81. The van der Waals surface area contributed by atoms with Crippen LogP contribution in [-0.2, 0) is 0 Å². The van der Waals surface area contributed by atoms with Crippen LogP contribution in [0.25, 0.3) is 0 Å². The molecule has 1 heterocycles. The Morgan fingerprint density at radius 2 is 2.00 bits per heavy atom. The molecule has 0 unspecified atom stereocenters. The molecule has 0 atom stereocenters. The molecule has 2 rings (SSSR count). The highest BCUT2D eigenvalue weighted by Crippen LogP contribution is 2.30. The molecule has 1 saturated carbocycles. The summed E-state index contributed by atoms with van der Waals surface area (Å²) in [6, 6.07) is 0. The Hall–Kier alpha value is -0.0500. The smallest absolute Gasteiger partial charge is 0.0308 e. The lowest BCUT2D eigenvalue weighted by Crippen LogP contribution is -2.52. The molecule has 92 valence electrons. The highest BCUT2D eigenvalue weighted by molar-refractivity contribution is 6.25. The van der Waals surface area contributed by atoms with Gasteiger partial charge in [-0.15, -0.1) is 0 Å². The summed E-state index contributed by atoms with van der Waals surface area (Å²) in [5.74, 6) is 0. The maximum Gasteiger partial charge on any atom is 0.0308 e. The average Bonchev–Trinajstić information content (AvgIpc) is 2.50. The molecule has 0 aromatic rings. The van der Waals surface area contributed by atoms with Gasteiger partial charge in [0.1, 0.15) is 0 Å². The first-order chi connectivity index (χ1) is 7.85. The second kappa shape index (κ2) is 6.04. The first kappa shape index (κ1) is 12.4. The van der Waals surface area contributed by atoms with Gasteiger partial charge in [0.15, 0.2) is 0 Å². The van der Waals surface area contributed by atoms with Crippen LogP contribution in [0.15, 0.2) is 11.6 Å². The zero-order chi connectivity index (χ0) is 11.3. The van der Waals surface area contributed by atoms with Gasteiger partial charge in [-0.1, -0.05) is 36.9 Å². The molecule has 1 aliphatic heterocycles. The van der Waals surface area contributed by atoms with E-state index in [0.717, 1.165) is 6.54 Å². The van der Waals surface area contributed by atoms with E-state index in [4.69, 9.17) is 11.6 Å². The second-order valence-electron chi connectivity index (χ2n) is 5.22. The molecule has 0 bridgehead atoms. The third-order valence-corrected chi connectivity index (χ3v) is 4.12. The van der Waals surface area contributed by atoms with Crippen LogP contribution in [0.1, 0.15) is 38.5 Å². The first-order valence-electron chi connectivity index (χ1n) is 6.57. The van der Waals surface area contributed by atoms with E-state index >= 15 is 0 Å². The molecular weight excluding hydrogens is 220 g/mol. The van der Waals surface area contributed by atoms with Crippen LogP contribution in [0.5, 0.6) is 0 Å². The largest absolute Gasteiger partial charge is 0.310 e. The van der Waals surface area contributed by atoms with Gasteiger partial charge in [0.25, 0.3) is 0 Å². The Balaban J connectivity index is 1.96. The molecule has 2 nitrogen and oxygen atoms in total. The van der Waals surface area contributed by atoms with Crippen LogP contribution >= 0.6 is 11.6 Å². The molecule has 1 spiro atoms. The molecule has 0 amide bonds. The van der Waals surface area contributed by atoms with Gasteiger partial charge in [0.2, 0.25) is 0 Å². The van der Waals surface area contributed by atoms with Crippen molar-refractivity contribution in [1.29, 1.82) is 0 Å². The molecule has 16 heavy (non-hydrogen) atoms. The van der Waals surface area contributed by atoms with Crippen molar-refractivity contribution < 1.29 is 0 Å². The summed E-state index contributed by atoms with van der Waals surface area (Å²) in [6.45, 7) is 4.60. The van der Waals surface area contributed by atoms with Crippen molar-refractivity contribution >= 4 is 11.6 Å². The third-order valence-electron chi connectivity index (χ3n) is 3.94. The molecule has 0 aromatic carbocycles. The van der Waals surface area contributed by atoms with Gasteiger partial charge in [0, 0.05) is 24.2 Å². The van der Waals surface area contributed by atoms with Crippen LogP contribution in [0.3, 0.4) is 0 Å². The van der Waals surface area contributed by atoms with Crippen molar-refractivity contribution in [3.63, 3.8) is 0 Å². The number of hydrogen-bond acceptors (Lipinski definition) is 2. The predicted molar refractivity (Wildman–Crippen MR) is 69.9 cm³/mol. The van der Waals surface area contributed by atoms with E-state index in [-0.39, 0.29) is 0 Å². The van der Waals surface area contributed by atoms with Crippen molar-refractivity contribution in [2.45, 2.75) is 44.1 Å². The van der Waals surface area contributed by atoms with Gasteiger partial charge < -0.3 is 5.32 Å². The Labute approximate surface area is 104 Å². The first-order valence-corrected chi connectivity index (χ1v) is 7.01. The minimum atomic E-state index is 0.412. The van der Waals surface area contributed by atoms with Crippen molar-refractivity contribution in [3.05, 3.63) is 11.6 Å². The van der Waals surface area contributed by atoms with E-state index in [1.54, 1.807) is 5.54 Å². The minimum Gasteiger partial charge on any atom is -0.310 e. The predicted octanol–water partition coefficient (Wildman–Crippen LogP) is 2.74. The molecule has 2 fully saturated rings. The summed E-state index contributed by atoms with van der Waals surface area (Å²) in [5, 5.41) is 3.80.